The van der Waals surface area contributed by atoms with Crippen molar-refractivity contribution in [3.63, 3.8) is 0 Å². The molecule has 0 unspecified atom stereocenters. The summed E-state index contributed by atoms with van der Waals surface area (Å²) in [6.45, 7) is 20.9. The SMILES string of the molecule is Cc1c(-c2cc3cc(NC(=O)O[C@@H]4CO[C@@]5(CCN(C)C5)C4)ncc3c(N)c2F)cnc2c1NCCO2.Cc1c(-c2cc3cc(NC(=O)O[C@@H]4CO[C@@]5(CCN(C)C5)C4)ncc3c(N)c2F)cnc2c1NCCO2.Cc1c(-c2cc3cc(NC(=O)O[C@@H]4CO[C@]5(CCN(C)C5)C4)ncc3c(N)c2F)cnc2c1NCCO2.Cc1c(-c2cc3cc(NC(=O)O[C@H]4CO[C@]5(CCN(C)C5)C4)ncc3c(N)c2F)cnc2c1NCCO2. The van der Waals surface area contributed by atoms with E-state index >= 15 is 17.6 Å². The molecule has 0 radical (unpaired) electrons. The second-order valence-corrected chi connectivity index (χ2v) is 40.1. The minimum Gasteiger partial charge on any atom is -0.474 e. The lowest BCUT2D eigenvalue weighted by Gasteiger charge is -2.22. The number of rotatable bonds is 12. The van der Waals surface area contributed by atoms with Gasteiger partial charge in [0.05, 0.1) is 71.6 Å². The number of nitrogen functional groups attached to an aromatic ring is 4. The second-order valence-electron chi connectivity index (χ2n) is 40.1. The van der Waals surface area contributed by atoms with E-state index < -0.39 is 47.6 Å². The third kappa shape index (κ3) is 20.0. The second kappa shape index (κ2) is 40.4. The van der Waals surface area contributed by atoms with Crippen LogP contribution in [0.3, 0.4) is 0 Å². The summed E-state index contributed by atoms with van der Waals surface area (Å²) in [6.07, 6.45) is 14.8. The molecule has 4 spiro atoms. The van der Waals surface area contributed by atoms with Crippen molar-refractivity contribution in [2.45, 2.75) is 126 Å². The molecule has 776 valence electrons. The van der Waals surface area contributed by atoms with E-state index in [1.54, 1.807) is 73.3 Å². The van der Waals surface area contributed by atoms with Crippen LogP contribution >= 0.6 is 0 Å². The number of hydrogen-bond acceptors (Lipinski definition) is 36. The monoisotopic (exact) mass is 2030 g/mol. The molecule has 20 heterocycles. The molecule has 8 atom stereocenters. The number of likely N-dealkylation sites (tertiary alicyclic amines) is 4. The van der Waals surface area contributed by atoms with Crippen LogP contribution in [0.15, 0.2) is 98.1 Å². The number of nitrogens with one attached hydrogen (secondary N) is 8. The molecule has 4 amide bonds. The maximum atomic E-state index is 15.4. The number of ether oxygens (including phenoxy) is 12. The summed E-state index contributed by atoms with van der Waals surface area (Å²) in [5.74, 6) is 0.878. The van der Waals surface area contributed by atoms with Gasteiger partial charge in [0, 0.05) is 220 Å². The third-order valence-corrected chi connectivity index (χ3v) is 29.7. The Hall–Kier alpha value is -14.8. The minimum atomic E-state index is -0.611. The zero-order valence-corrected chi connectivity index (χ0v) is 83.1. The maximum Gasteiger partial charge on any atom is 0.413 e. The van der Waals surface area contributed by atoms with Crippen molar-refractivity contribution in [2.24, 2.45) is 0 Å². The van der Waals surface area contributed by atoms with Crippen molar-refractivity contribution < 1.29 is 93.6 Å². The van der Waals surface area contributed by atoms with Gasteiger partial charge in [-0.05, 0) is 174 Å². The lowest BCUT2D eigenvalue weighted by atomic mass is 9.97. The number of likely N-dealkylation sites (N-methyl/N-ethyl adjacent to an activating group) is 4. The van der Waals surface area contributed by atoms with Gasteiger partial charge >= 0.3 is 24.4 Å². The average Bonchev–Trinajstić information content (AvgIpc) is 1.02. The van der Waals surface area contributed by atoms with Crippen LogP contribution in [0.4, 0.5) is 106 Å². The van der Waals surface area contributed by atoms with Gasteiger partial charge < -0.3 is 121 Å². The fraction of sp³-hybridized carbons (Fsp3) is 0.423. The van der Waals surface area contributed by atoms with Crippen molar-refractivity contribution >= 4 is 136 Å². The Kier molecular flexibility index (Phi) is 27.1. The first-order valence-corrected chi connectivity index (χ1v) is 49.5. The highest BCUT2D eigenvalue weighted by Crippen LogP contribution is 2.49. The molecule has 8 fully saturated rings. The number of carbonyl (C=O) groups is 4. The average molecular weight is 2030 g/mol. The van der Waals surface area contributed by atoms with Crippen LogP contribution in [0.5, 0.6) is 23.5 Å². The van der Waals surface area contributed by atoms with Crippen molar-refractivity contribution in [2.75, 3.05) is 225 Å². The Balaban J connectivity index is 0.000000116. The number of fused-ring (bicyclic) bond motifs is 8. The molecule has 24 rings (SSSR count). The van der Waals surface area contributed by atoms with Crippen molar-refractivity contribution in [3.05, 3.63) is 144 Å². The Labute approximate surface area is 847 Å². The molecular weight excluding hydrogens is 1920 g/mol. The van der Waals surface area contributed by atoms with E-state index in [-0.39, 0.29) is 92.8 Å². The quantitative estimate of drug-likeness (QED) is 0.0307. The fourth-order valence-corrected chi connectivity index (χ4v) is 22.2. The van der Waals surface area contributed by atoms with Crippen molar-refractivity contribution in [1.82, 2.24) is 59.5 Å². The third-order valence-electron chi connectivity index (χ3n) is 29.7. The van der Waals surface area contributed by atoms with E-state index in [0.717, 1.165) is 123 Å². The summed E-state index contributed by atoms with van der Waals surface area (Å²) < 4.78 is 130. The van der Waals surface area contributed by atoms with Gasteiger partial charge in [-0.1, -0.05) is 0 Å². The van der Waals surface area contributed by atoms with Crippen LogP contribution in [-0.4, -0.2) is 290 Å². The molecule has 0 bridgehead atoms. The number of carbonyl (C=O) groups excluding carboxylic acids is 4. The zero-order valence-electron chi connectivity index (χ0n) is 83.1. The van der Waals surface area contributed by atoms with Gasteiger partial charge in [0.25, 0.3) is 0 Å². The smallest absolute Gasteiger partial charge is 0.413 e. The first kappa shape index (κ1) is 99.2. The highest BCUT2D eigenvalue weighted by atomic mass is 19.1. The van der Waals surface area contributed by atoms with Crippen LogP contribution < -0.4 is 84.4 Å². The lowest BCUT2D eigenvalue weighted by molar-refractivity contribution is 0.00990. The summed E-state index contributed by atoms with van der Waals surface area (Å²) in [4.78, 5) is 93.7. The molecule has 148 heavy (non-hydrogen) atoms. The topological polar surface area (TPSA) is 495 Å². The molecule has 0 aliphatic carbocycles. The van der Waals surface area contributed by atoms with E-state index in [0.29, 0.717) is 216 Å². The first-order chi connectivity index (χ1) is 71.3. The Morgan fingerprint density at radius 2 is 0.547 bits per heavy atom. The molecule has 40 nitrogen and oxygen atoms in total. The number of nitrogens with two attached hydrogens (primary N) is 4. The largest absolute Gasteiger partial charge is 0.474 e. The summed E-state index contributed by atoms with van der Waals surface area (Å²) >= 11 is 0. The van der Waals surface area contributed by atoms with E-state index in [9.17, 15) is 19.2 Å². The van der Waals surface area contributed by atoms with Gasteiger partial charge in [0.2, 0.25) is 23.5 Å². The molecule has 12 aliphatic rings. The van der Waals surface area contributed by atoms with Crippen LogP contribution in [0.1, 0.15) is 73.6 Å². The summed E-state index contributed by atoms with van der Waals surface area (Å²) in [5.41, 5.74) is 33.5. The molecule has 8 saturated heterocycles. The first-order valence-electron chi connectivity index (χ1n) is 49.5. The number of hydrogen-bond donors (Lipinski definition) is 12. The van der Waals surface area contributed by atoms with Gasteiger partial charge in [-0.25, -0.2) is 76.6 Å². The number of nitrogens with zero attached hydrogens (tertiary/aromatic N) is 12. The highest BCUT2D eigenvalue weighted by molar-refractivity contribution is 6.04. The van der Waals surface area contributed by atoms with E-state index in [4.69, 9.17) is 79.8 Å². The van der Waals surface area contributed by atoms with E-state index in [1.165, 1.54) is 24.8 Å². The van der Waals surface area contributed by atoms with Gasteiger partial charge in [-0.3, -0.25) is 21.3 Å². The Morgan fingerprint density at radius 3 is 0.750 bits per heavy atom. The summed E-state index contributed by atoms with van der Waals surface area (Å²) in [6, 6.07) is 13.3. The Bertz CT molecular complexity index is 6450. The Morgan fingerprint density at radius 1 is 0.331 bits per heavy atom. The van der Waals surface area contributed by atoms with Crippen LogP contribution in [-0.2, 0) is 37.9 Å². The van der Waals surface area contributed by atoms with Crippen molar-refractivity contribution in [1.29, 1.82) is 0 Å². The summed E-state index contributed by atoms with van der Waals surface area (Å²) in [7, 11) is 8.23. The van der Waals surface area contributed by atoms with Gasteiger partial charge in [0.1, 0.15) is 96.9 Å². The number of halogens is 4. The van der Waals surface area contributed by atoms with Gasteiger partial charge in [0.15, 0.2) is 23.3 Å². The molecule has 0 saturated carbocycles. The summed E-state index contributed by atoms with van der Waals surface area (Å²) in [5, 5.41) is 28.1. The van der Waals surface area contributed by atoms with E-state index in [2.05, 4.69) is 130 Å². The van der Waals surface area contributed by atoms with Crippen LogP contribution in [0.2, 0.25) is 0 Å². The van der Waals surface area contributed by atoms with Crippen LogP contribution in [0.25, 0.3) is 87.6 Å². The molecule has 44 heteroatoms. The molecular formula is C104H116F4N24O16. The van der Waals surface area contributed by atoms with Gasteiger partial charge in [-0.15, -0.1) is 0 Å². The number of aromatic nitrogens is 8. The zero-order chi connectivity index (χ0) is 103. The lowest BCUT2D eigenvalue weighted by Crippen LogP contribution is -2.32. The predicted molar refractivity (Wildman–Crippen MR) is 549 cm³/mol. The van der Waals surface area contributed by atoms with Crippen LogP contribution in [0, 0.1) is 51.0 Å². The predicted octanol–water partition coefficient (Wildman–Crippen LogP) is 14.2. The molecule has 12 aromatic rings. The number of anilines is 12. The fourth-order valence-electron chi connectivity index (χ4n) is 22.2. The van der Waals surface area contributed by atoms with Gasteiger partial charge in [-0.2, -0.15) is 0 Å². The highest BCUT2D eigenvalue weighted by Gasteiger charge is 2.50. The number of amides is 4. The number of pyridine rings is 8. The molecule has 8 aromatic heterocycles. The molecule has 16 N–H and O–H groups in total. The van der Waals surface area contributed by atoms with E-state index in [1.807, 2.05) is 27.7 Å². The standard InChI is InChI=1S/4C26H29FN6O4/c4*1-14-18(10-31-24-23(14)29-4-6-35-24)17-7-15-8-20(30-11-19(15)22(28)21(17)27)32-25(34)37-16-9-26(36-12-16)3-5-33(2)13-26/h4*7-8,10-11,16,29H,3-6,9,12-13,28H2,1-2H3,(H,30,32,34)/t16-,26+;3*16-,26-/m0100/s1. The number of benzene rings is 4. The minimum absolute atomic E-state index is 0.0228. The molecule has 12 aliphatic heterocycles. The van der Waals surface area contributed by atoms with Crippen molar-refractivity contribution in [3.8, 4) is 68.0 Å². The normalized spacial score (nSPS) is 23.1. The maximum absolute atomic E-state index is 15.4. The molecule has 4 aromatic carbocycles.